The van der Waals surface area contributed by atoms with E-state index in [2.05, 4.69) is 15.4 Å². The minimum absolute atomic E-state index is 0.0500. The predicted octanol–water partition coefficient (Wildman–Crippen LogP) is 2.49. The molecule has 0 unspecified atom stereocenters. The van der Waals surface area contributed by atoms with Gasteiger partial charge in [0.15, 0.2) is 5.82 Å². The lowest BCUT2D eigenvalue weighted by Gasteiger charge is -2.11. The number of nitrogens with zero attached hydrogens (tertiary/aromatic N) is 4. The molecule has 4 rings (SSSR count). The molecule has 7 nitrogen and oxygen atoms in total. The molecule has 146 valence electrons. The van der Waals surface area contributed by atoms with Gasteiger partial charge in [-0.25, -0.2) is 0 Å². The van der Waals surface area contributed by atoms with Crippen LogP contribution in [-0.2, 0) is 17.9 Å². The van der Waals surface area contributed by atoms with Gasteiger partial charge in [0.25, 0.3) is 5.56 Å². The highest BCUT2D eigenvalue weighted by Gasteiger charge is 2.16. The number of carbonyl (C=O) groups excluding carboxylic acids is 1. The van der Waals surface area contributed by atoms with Crippen LogP contribution in [0.2, 0.25) is 0 Å². The van der Waals surface area contributed by atoms with Crippen molar-refractivity contribution in [3.8, 4) is 11.4 Å². The molecule has 0 spiro atoms. The van der Waals surface area contributed by atoms with Crippen molar-refractivity contribution in [2.75, 3.05) is 0 Å². The van der Waals surface area contributed by atoms with Crippen molar-refractivity contribution in [3.63, 3.8) is 0 Å². The lowest BCUT2D eigenvalue weighted by atomic mass is 10.1. The Labute approximate surface area is 167 Å². The van der Waals surface area contributed by atoms with Crippen LogP contribution >= 0.6 is 0 Å². The Morgan fingerprint density at radius 1 is 1.03 bits per heavy atom. The van der Waals surface area contributed by atoms with Crippen LogP contribution < -0.4 is 10.9 Å². The van der Waals surface area contributed by atoms with Gasteiger partial charge in [-0.3, -0.25) is 9.59 Å². The van der Waals surface area contributed by atoms with Crippen LogP contribution in [0.15, 0.2) is 65.5 Å². The van der Waals surface area contributed by atoms with E-state index in [1.54, 1.807) is 11.5 Å². The van der Waals surface area contributed by atoms with Gasteiger partial charge in [-0.2, -0.15) is 9.50 Å². The zero-order valence-electron chi connectivity index (χ0n) is 16.3. The molecular weight excluding hydrogens is 366 g/mol. The lowest BCUT2D eigenvalue weighted by molar-refractivity contribution is -0.121. The highest BCUT2D eigenvalue weighted by molar-refractivity contribution is 5.76. The second-order valence-electron chi connectivity index (χ2n) is 6.93. The van der Waals surface area contributed by atoms with Crippen molar-refractivity contribution in [2.45, 2.75) is 26.9 Å². The second kappa shape index (κ2) is 7.71. The first-order chi connectivity index (χ1) is 14.0. The van der Waals surface area contributed by atoms with E-state index in [0.717, 1.165) is 16.7 Å². The van der Waals surface area contributed by atoms with Gasteiger partial charge in [-0.15, -0.1) is 5.10 Å². The maximum absolute atomic E-state index is 12.5. The Hall–Kier alpha value is -3.74. The molecule has 29 heavy (non-hydrogen) atoms. The first kappa shape index (κ1) is 18.6. The quantitative estimate of drug-likeness (QED) is 0.570. The highest BCUT2D eigenvalue weighted by Crippen LogP contribution is 2.20. The summed E-state index contributed by atoms with van der Waals surface area (Å²) in [5, 5.41) is 7.29. The Kier molecular flexibility index (Phi) is 4.95. The number of amides is 1. The fraction of sp³-hybridized carbons (Fsp3) is 0.182. The van der Waals surface area contributed by atoms with Crippen molar-refractivity contribution in [1.29, 1.82) is 0 Å². The number of benzene rings is 2. The normalized spacial score (nSPS) is 11.0. The number of hydrogen-bond acceptors (Lipinski definition) is 4. The summed E-state index contributed by atoms with van der Waals surface area (Å²) in [6, 6.07) is 18.9. The van der Waals surface area contributed by atoms with Crippen LogP contribution in [0.25, 0.3) is 17.2 Å². The van der Waals surface area contributed by atoms with Crippen LogP contribution in [0.4, 0.5) is 0 Å². The van der Waals surface area contributed by atoms with Crippen LogP contribution in [0.3, 0.4) is 0 Å². The summed E-state index contributed by atoms with van der Waals surface area (Å²) in [5.74, 6) is 0.648. The van der Waals surface area contributed by atoms with E-state index in [-0.39, 0.29) is 18.0 Å². The van der Waals surface area contributed by atoms with Crippen LogP contribution in [-0.4, -0.2) is 25.1 Å². The lowest BCUT2D eigenvalue weighted by Crippen LogP contribution is -2.30. The monoisotopic (exact) mass is 387 g/mol. The average molecular weight is 387 g/mol. The zero-order valence-corrected chi connectivity index (χ0v) is 16.3. The zero-order chi connectivity index (χ0) is 20.4. The SMILES string of the molecule is Cc1ccccc1-c1nc2n(CC(=O)NCc3ccccc3)c(C)cc(=O)n2n1. The molecule has 0 aliphatic carbocycles. The molecule has 1 amide bonds. The Bertz CT molecular complexity index is 1240. The fourth-order valence-corrected chi connectivity index (χ4v) is 3.23. The van der Waals surface area contributed by atoms with Crippen molar-refractivity contribution in [3.05, 3.63) is 87.8 Å². The number of carbonyl (C=O) groups is 1. The van der Waals surface area contributed by atoms with Gasteiger partial charge < -0.3 is 9.88 Å². The van der Waals surface area contributed by atoms with E-state index < -0.39 is 0 Å². The van der Waals surface area contributed by atoms with Crippen molar-refractivity contribution >= 4 is 11.7 Å². The predicted molar refractivity (Wildman–Crippen MR) is 110 cm³/mol. The van der Waals surface area contributed by atoms with Crippen molar-refractivity contribution < 1.29 is 4.79 Å². The van der Waals surface area contributed by atoms with E-state index in [1.165, 1.54) is 10.6 Å². The van der Waals surface area contributed by atoms with E-state index in [4.69, 9.17) is 0 Å². The summed E-state index contributed by atoms with van der Waals surface area (Å²) < 4.78 is 2.95. The number of aryl methyl sites for hydroxylation is 2. The molecule has 0 fully saturated rings. The summed E-state index contributed by atoms with van der Waals surface area (Å²) in [6.45, 7) is 4.24. The van der Waals surface area contributed by atoms with E-state index in [0.29, 0.717) is 23.8 Å². The van der Waals surface area contributed by atoms with Gasteiger partial charge in [-0.1, -0.05) is 54.6 Å². The molecule has 0 saturated heterocycles. The Morgan fingerprint density at radius 3 is 2.52 bits per heavy atom. The first-order valence-corrected chi connectivity index (χ1v) is 9.37. The minimum atomic E-state index is -0.272. The maximum atomic E-state index is 12.5. The molecule has 0 saturated carbocycles. The summed E-state index contributed by atoms with van der Waals surface area (Å²) >= 11 is 0. The number of aromatic nitrogens is 4. The average Bonchev–Trinajstić information content (AvgIpc) is 3.16. The number of hydrogen-bond donors (Lipinski definition) is 1. The summed E-state index contributed by atoms with van der Waals surface area (Å²) in [6.07, 6.45) is 0. The standard InChI is InChI=1S/C22H21N5O2/c1-15-8-6-7-11-18(15)21-24-22-26(16(2)12-20(29)27(22)25-21)14-19(28)23-13-17-9-4-3-5-10-17/h3-12H,13-14H2,1-2H3,(H,23,28). The van der Waals surface area contributed by atoms with Gasteiger partial charge in [-0.05, 0) is 25.0 Å². The molecule has 0 aliphatic heterocycles. The van der Waals surface area contributed by atoms with Crippen LogP contribution in [0, 0.1) is 13.8 Å². The molecule has 2 aromatic carbocycles. The van der Waals surface area contributed by atoms with Crippen LogP contribution in [0.5, 0.6) is 0 Å². The Balaban J connectivity index is 1.66. The molecule has 0 aliphatic rings. The third kappa shape index (κ3) is 3.80. The molecular formula is C22H21N5O2. The summed E-state index contributed by atoms with van der Waals surface area (Å²) in [4.78, 5) is 29.5. The molecule has 0 atom stereocenters. The van der Waals surface area contributed by atoms with Gasteiger partial charge in [0.2, 0.25) is 11.7 Å². The molecule has 0 radical (unpaired) electrons. The largest absolute Gasteiger partial charge is 0.350 e. The van der Waals surface area contributed by atoms with Gasteiger partial charge in [0.1, 0.15) is 6.54 Å². The molecule has 1 N–H and O–H groups in total. The summed E-state index contributed by atoms with van der Waals surface area (Å²) in [5.41, 5.74) is 3.27. The molecule has 4 aromatic rings. The topological polar surface area (TPSA) is 81.3 Å². The van der Waals surface area contributed by atoms with Crippen molar-refractivity contribution in [1.82, 2.24) is 24.5 Å². The number of nitrogens with one attached hydrogen (secondary N) is 1. The van der Waals surface area contributed by atoms with Gasteiger partial charge in [0, 0.05) is 23.9 Å². The van der Waals surface area contributed by atoms with Crippen LogP contribution in [0.1, 0.15) is 16.8 Å². The highest BCUT2D eigenvalue weighted by atomic mass is 16.2. The minimum Gasteiger partial charge on any atom is -0.350 e. The number of fused-ring (bicyclic) bond motifs is 1. The maximum Gasteiger partial charge on any atom is 0.275 e. The van der Waals surface area contributed by atoms with Gasteiger partial charge in [0.05, 0.1) is 0 Å². The molecule has 0 bridgehead atoms. The molecule has 2 aromatic heterocycles. The number of rotatable bonds is 5. The molecule has 2 heterocycles. The molecule has 7 heteroatoms. The van der Waals surface area contributed by atoms with E-state index in [9.17, 15) is 9.59 Å². The smallest absolute Gasteiger partial charge is 0.275 e. The fourth-order valence-electron chi connectivity index (χ4n) is 3.23. The third-order valence-electron chi connectivity index (χ3n) is 4.82. The summed E-state index contributed by atoms with van der Waals surface area (Å²) in [7, 11) is 0. The van der Waals surface area contributed by atoms with Gasteiger partial charge >= 0.3 is 0 Å². The first-order valence-electron chi connectivity index (χ1n) is 9.37. The Morgan fingerprint density at radius 2 is 1.76 bits per heavy atom. The third-order valence-corrected chi connectivity index (χ3v) is 4.82. The van der Waals surface area contributed by atoms with E-state index >= 15 is 0 Å². The van der Waals surface area contributed by atoms with Crippen molar-refractivity contribution in [2.24, 2.45) is 0 Å². The second-order valence-corrected chi connectivity index (χ2v) is 6.93. The van der Waals surface area contributed by atoms with E-state index in [1.807, 2.05) is 61.5 Å².